The molecule has 0 heterocycles. The number of hydrogen-bond acceptors (Lipinski definition) is 4. The monoisotopic (exact) mass is 396 g/mol. The lowest BCUT2D eigenvalue weighted by atomic mass is 10.2. The lowest BCUT2D eigenvalue weighted by Crippen LogP contribution is -2.46. The van der Waals surface area contributed by atoms with Crippen LogP contribution in [-0.4, -0.2) is 26.0 Å². The predicted molar refractivity (Wildman–Crippen MR) is 101 cm³/mol. The first kappa shape index (κ1) is 19.6. The van der Waals surface area contributed by atoms with Crippen molar-refractivity contribution in [2.45, 2.75) is 11.8 Å². The van der Waals surface area contributed by atoms with Gasteiger partial charge in [0.1, 0.15) is 5.82 Å². The molecule has 0 saturated carbocycles. The molecule has 10 heteroatoms. The molecule has 0 aliphatic carbocycles. The molecule has 0 fully saturated rings. The molecule has 0 atom stereocenters. The predicted octanol–water partition coefficient (Wildman–Crippen LogP) is 1.76. The van der Waals surface area contributed by atoms with Gasteiger partial charge in [-0.2, -0.15) is 0 Å². The quantitative estimate of drug-likeness (QED) is 0.454. The van der Waals surface area contributed by atoms with Gasteiger partial charge in [-0.25, -0.2) is 12.8 Å². The molecule has 2 aromatic rings. The molecular formula is C16H17FN4O3S2. The lowest BCUT2D eigenvalue weighted by Gasteiger charge is -2.12. The van der Waals surface area contributed by atoms with E-state index in [1.807, 2.05) is 6.92 Å². The first-order valence-corrected chi connectivity index (χ1v) is 9.44. The molecule has 0 bridgehead atoms. The Morgan fingerprint density at radius 2 is 1.85 bits per heavy atom. The summed E-state index contributed by atoms with van der Waals surface area (Å²) in [6.45, 7) is 2.42. The summed E-state index contributed by atoms with van der Waals surface area (Å²) in [6, 6.07) is 10.7. The number of carbonyl (C=O) groups excluding carboxylic acids is 1. The van der Waals surface area contributed by atoms with Gasteiger partial charge in [-0.3, -0.25) is 20.4 Å². The topological polar surface area (TPSA) is 99.3 Å². The van der Waals surface area contributed by atoms with E-state index < -0.39 is 21.7 Å². The lowest BCUT2D eigenvalue weighted by molar-refractivity contribution is 0.0943. The van der Waals surface area contributed by atoms with E-state index in [2.05, 4.69) is 20.9 Å². The highest BCUT2D eigenvalue weighted by molar-refractivity contribution is 7.92. The molecule has 4 N–H and O–H groups in total. The second-order valence-electron chi connectivity index (χ2n) is 5.05. The number of benzene rings is 2. The molecule has 0 spiro atoms. The third kappa shape index (κ3) is 5.14. The molecule has 0 aromatic heterocycles. The Balaban J connectivity index is 2.16. The van der Waals surface area contributed by atoms with Gasteiger partial charge in [0.2, 0.25) is 0 Å². The molecule has 2 rings (SSSR count). The minimum atomic E-state index is -4.06. The summed E-state index contributed by atoms with van der Waals surface area (Å²) in [4.78, 5) is 11.9. The highest BCUT2D eigenvalue weighted by Crippen LogP contribution is 2.19. The molecule has 2 aromatic carbocycles. The standard InChI is InChI=1S/C16H17FN4O3S2/c1-2-18-16(25)20-19-15(22)11-6-5-7-12(10-11)26(23,24)21-14-9-4-3-8-13(14)17/h3-10,21H,2H2,1H3,(H,19,22)(H2,18,20,25). The van der Waals surface area contributed by atoms with Gasteiger partial charge in [0, 0.05) is 12.1 Å². The Morgan fingerprint density at radius 3 is 2.54 bits per heavy atom. The molecule has 1 amide bonds. The summed E-state index contributed by atoms with van der Waals surface area (Å²) in [5.41, 5.74) is 4.76. The molecule has 7 nitrogen and oxygen atoms in total. The fraction of sp³-hybridized carbons (Fsp3) is 0.125. The van der Waals surface area contributed by atoms with E-state index in [4.69, 9.17) is 12.2 Å². The number of hydrazine groups is 1. The van der Waals surface area contributed by atoms with Crippen LogP contribution in [0.1, 0.15) is 17.3 Å². The first-order chi connectivity index (χ1) is 12.3. The van der Waals surface area contributed by atoms with Crippen LogP contribution in [0.5, 0.6) is 0 Å². The summed E-state index contributed by atoms with van der Waals surface area (Å²) < 4.78 is 40.7. The number of nitrogens with one attached hydrogen (secondary N) is 4. The van der Waals surface area contributed by atoms with E-state index in [1.165, 1.54) is 42.5 Å². The van der Waals surface area contributed by atoms with E-state index in [0.717, 1.165) is 6.07 Å². The van der Waals surface area contributed by atoms with Gasteiger partial charge in [0.15, 0.2) is 5.11 Å². The van der Waals surface area contributed by atoms with Gasteiger partial charge < -0.3 is 5.32 Å². The van der Waals surface area contributed by atoms with E-state index in [0.29, 0.717) is 6.54 Å². The zero-order chi connectivity index (χ0) is 19.2. The number of hydrogen-bond donors (Lipinski definition) is 4. The molecule has 0 aliphatic heterocycles. The maximum Gasteiger partial charge on any atom is 0.269 e. The molecule has 0 unspecified atom stereocenters. The van der Waals surface area contributed by atoms with Gasteiger partial charge in [0.25, 0.3) is 15.9 Å². The molecular weight excluding hydrogens is 379 g/mol. The van der Waals surface area contributed by atoms with Crippen molar-refractivity contribution >= 4 is 38.9 Å². The van der Waals surface area contributed by atoms with Crippen LogP contribution in [0.2, 0.25) is 0 Å². The number of sulfonamides is 1. The summed E-state index contributed by atoms with van der Waals surface area (Å²) in [5.74, 6) is -1.28. The van der Waals surface area contributed by atoms with Crippen molar-refractivity contribution in [3.05, 3.63) is 59.9 Å². The van der Waals surface area contributed by atoms with Crippen molar-refractivity contribution in [2.75, 3.05) is 11.3 Å². The number of amides is 1. The van der Waals surface area contributed by atoms with Crippen molar-refractivity contribution in [3.63, 3.8) is 0 Å². The van der Waals surface area contributed by atoms with Crippen molar-refractivity contribution in [3.8, 4) is 0 Å². The van der Waals surface area contributed by atoms with E-state index in [-0.39, 0.29) is 21.3 Å². The van der Waals surface area contributed by atoms with Crippen LogP contribution in [0.3, 0.4) is 0 Å². The van der Waals surface area contributed by atoms with Crippen LogP contribution in [-0.2, 0) is 10.0 Å². The van der Waals surface area contributed by atoms with E-state index >= 15 is 0 Å². The number of thiocarbonyl (C=S) groups is 1. The Bertz CT molecular complexity index is 919. The molecule has 0 saturated heterocycles. The normalized spacial score (nSPS) is 10.7. The van der Waals surface area contributed by atoms with Crippen LogP contribution in [0.15, 0.2) is 53.4 Å². The summed E-state index contributed by atoms with van der Waals surface area (Å²) in [5, 5.41) is 3.01. The Labute approximate surface area is 156 Å². The highest BCUT2D eigenvalue weighted by atomic mass is 32.2. The number of carbonyl (C=O) groups is 1. The fourth-order valence-electron chi connectivity index (χ4n) is 1.94. The third-order valence-electron chi connectivity index (χ3n) is 3.15. The van der Waals surface area contributed by atoms with Crippen molar-refractivity contribution < 1.29 is 17.6 Å². The molecule has 0 radical (unpaired) electrons. The van der Waals surface area contributed by atoms with Gasteiger partial charge >= 0.3 is 0 Å². The Morgan fingerprint density at radius 1 is 1.12 bits per heavy atom. The van der Waals surface area contributed by atoms with Gasteiger partial charge in [0.05, 0.1) is 10.6 Å². The van der Waals surface area contributed by atoms with Crippen LogP contribution < -0.4 is 20.9 Å². The van der Waals surface area contributed by atoms with Crippen molar-refractivity contribution in [1.29, 1.82) is 0 Å². The summed E-state index contributed by atoms with van der Waals surface area (Å²) >= 11 is 4.91. The average molecular weight is 396 g/mol. The van der Waals surface area contributed by atoms with E-state index in [9.17, 15) is 17.6 Å². The van der Waals surface area contributed by atoms with Crippen molar-refractivity contribution in [1.82, 2.24) is 16.2 Å². The zero-order valence-corrected chi connectivity index (χ0v) is 15.4. The van der Waals surface area contributed by atoms with Crippen molar-refractivity contribution in [2.24, 2.45) is 0 Å². The SMILES string of the molecule is CCNC(=S)NNC(=O)c1cccc(S(=O)(=O)Nc2ccccc2F)c1. The molecule has 138 valence electrons. The minimum Gasteiger partial charge on any atom is -0.362 e. The number of halogens is 1. The zero-order valence-electron chi connectivity index (χ0n) is 13.7. The largest absolute Gasteiger partial charge is 0.362 e. The summed E-state index contributed by atoms with van der Waals surface area (Å²) in [6.07, 6.45) is 0. The summed E-state index contributed by atoms with van der Waals surface area (Å²) in [7, 11) is -4.06. The first-order valence-electron chi connectivity index (χ1n) is 7.55. The van der Waals surface area contributed by atoms with Gasteiger partial charge in [-0.1, -0.05) is 18.2 Å². The fourth-order valence-corrected chi connectivity index (χ4v) is 3.25. The molecule has 0 aliphatic rings. The van der Waals surface area contributed by atoms with Crippen LogP contribution in [0, 0.1) is 5.82 Å². The maximum absolute atomic E-state index is 13.7. The van der Waals surface area contributed by atoms with Gasteiger partial charge in [-0.05, 0) is 49.5 Å². The number of rotatable bonds is 5. The molecule has 26 heavy (non-hydrogen) atoms. The number of para-hydroxylation sites is 1. The van der Waals surface area contributed by atoms with Crippen LogP contribution in [0.25, 0.3) is 0 Å². The second-order valence-corrected chi connectivity index (χ2v) is 7.14. The Kier molecular flexibility index (Phi) is 6.47. The highest BCUT2D eigenvalue weighted by Gasteiger charge is 2.18. The maximum atomic E-state index is 13.7. The Hall–Kier alpha value is -2.72. The average Bonchev–Trinajstić information content (AvgIpc) is 2.62. The number of anilines is 1. The van der Waals surface area contributed by atoms with Crippen LogP contribution in [0.4, 0.5) is 10.1 Å². The minimum absolute atomic E-state index is 0.0909. The third-order valence-corrected chi connectivity index (χ3v) is 4.76. The smallest absolute Gasteiger partial charge is 0.269 e. The van der Waals surface area contributed by atoms with E-state index in [1.54, 1.807) is 0 Å². The van der Waals surface area contributed by atoms with Gasteiger partial charge in [-0.15, -0.1) is 0 Å². The second kappa shape index (κ2) is 8.59. The van der Waals surface area contributed by atoms with Crippen LogP contribution >= 0.6 is 12.2 Å².